The van der Waals surface area contributed by atoms with Crippen molar-refractivity contribution in [2.45, 2.75) is 51.9 Å². The molecule has 0 aliphatic rings. The van der Waals surface area contributed by atoms with Crippen molar-refractivity contribution >= 4 is 0 Å². The number of ether oxygens (including phenoxy) is 11. The molecular formula is C38H71NO11. The third kappa shape index (κ3) is 35.0. The van der Waals surface area contributed by atoms with E-state index >= 15 is 0 Å². The zero-order valence-corrected chi connectivity index (χ0v) is 31.8. The maximum atomic E-state index is 5.78. The third-order valence-corrected chi connectivity index (χ3v) is 7.27. The summed E-state index contributed by atoms with van der Waals surface area (Å²) in [5.41, 5.74) is 1.38. The van der Waals surface area contributed by atoms with Crippen LogP contribution in [0.4, 0.5) is 0 Å². The Balaban J connectivity index is 1.68. The number of aryl methyl sites for hydroxylation is 1. The number of hydrogen-bond donors (Lipinski definition) is 0. The van der Waals surface area contributed by atoms with E-state index < -0.39 is 0 Å². The predicted molar refractivity (Wildman–Crippen MR) is 196 cm³/mol. The molecule has 0 aliphatic heterocycles. The second-order valence-corrected chi connectivity index (χ2v) is 11.9. The number of unbranched alkanes of at least 4 members (excludes halogenated alkanes) is 5. The Morgan fingerprint density at radius 3 is 1.06 bits per heavy atom. The van der Waals surface area contributed by atoms with Crippen LogP contribution >= 0.6 is 0 Å². The molecule has 0 radical (unpaired) electrons. The summed E-state index contributed by atoms with van der Waals surface area (Å²) in [6.07, 6.45) is 9.10. The average molecular weight is 718 g/mol. The topological polar surface area (TPSA) is 105 Å². The van der Waals surface area contributed by atoms with Gasteiger partial charge in [-0.2, -0.15) is 0 Å². The first-order valence-corrected chi connectivity index (χ1v) is 18.9. The van der Waals surface area contributed by atoms with E-state index in [1.807, 2.05) is 14.1 Å². The Morgan fingerprint density at radius 2 is 0.700 bits per heavy atom. The molecule has 0 aliphatic carbocycles. The van der Waals surface area contributed by atoms with E-state index in [1.54, 1.807) is 0 Å². The summed E-state index contributed by atoms with van der Waals surface area (Å²) in [5.74, 6) is 0.887. The highest BCUT2D eigenvalue weighted by Crippen LogP contribution is 2.15. The highest BCUT2D eigenvalue weighted by atomic mass is 16.6. The van der Waals surface area contributed by atoms with Gasteiger partial charge in [0.2, 0.25) is 0 Å². The maximum Gasteiger partial charge on any atom is 0.119 e. The summed E-state index contributed by atoms with van der Waals surface area (Å²) in [6.45, 7) is 14.6. The summed E-state index contributed by atoms with van der Waals surface area (Å²) in [5, 5.41) is 0. The fraction of sp³-hybridized carbons (Fsp3) is 0.842. The summed E-state index contributed by atoms with van der Waals surface area (Å²) in [6, 6.07) is 8.44. The molecule has 0 fully saturated rings. The summed E-state index contributed by atoms with van der Waals surface area (Å²) in [4.78, 5) is 2.09. The molecule has 0 bridgehead atoms. The lowest BCUT2D eigenvalue weighted by Crippen LogP contribution is -2.19. The Morgan fingerprint density at radius 1 is 0.380 bits per heavy atom. The first-order chi connectivity index (χ1) is 24.7. The van der Waals surface area contributed by atoms with Gasteiger partial charge in [0.1, 0.15) is 12.4 Å². The van der Waals surface area contributed by atoms with Crippen molar-refractivity contribution in [3.63, 3.8) is 0 Å². The minimum absolute atomic E-state index is 0.518. The third-order valence-electron chi connectivity index (χ3n) is 7.27. The minimum atomic E-state index is 0.518. The molecule has 50 heavy (non-hydrogen) atoms. The van der Waals surface area contributed by atoms with Crippen LogP contribution in [0.15, 0.2) is 24.3 Å². The first-order valence-electron chi connectivity index (χ1n) is 18.9. The normalized spacial score (nSPS) is 11.6. The average Bonchev–Trinajstić information content (AvgIpc) is 3.12. The fourth-order valence-corrected chi connectivity index (χ4v) is 4.41. The van der Waals surface area contributed by atoms with Crippen LogP contribution in [0.3, 0.4) is 0 Å². The molecular weight excluding hydrogens is 646 g/mol. The zero-order chi connectivity index (χ0) is 35.8. The van der Waals surface area contributed by atoms with E-state index in [-0.39, 0.29) is 0 Å². The van der Waals surface area contributed by atoms with Gasteiger partial charge in [0.05, 0.1) is 132 Å². The zero-order valence-electron chi connectivity index (χ0n) is 31.8. The van der Waals surface area contributed by atoms with E-state index in [1.165, 1.54) is 44.1 Å². The van der Waals surface area contributed by atoms with E-state index in [4.69, 9.17) is 52.1 Å². The van der Waals surface area contributed by atoms with E-state index in [2.05, 4.69) is 36.1 Å². The largest absolute Gasteiger partial charge is 0.491 e. The molecule has 0 saturated heterocycles. The summed E-state index contributed by atoms with van der Waals surface area (Å²) in [7, 11) is 4.05. The molecule has 0 spiro atoms. The van der Waals surface area contributed by atoms with Crippen LogP contribution in [0, 0.1) is 0 Å². The number of hydrogen-bond acceptors (Lipinski definition) is 12. The van der Waals surface area contributed by atoms with Gasteiger partial charge in [0, 0.05) is 6.54 Å². The maximum absolute atomic E-state index is 5.78. The van der Waals surface area contributed by atoms with Crippen molar-refractivity contribution < 1.29 is 52.1 Å². The standard InChI is InChI=1S/C38H71NO11/c1-4-5-6-7-8-9-10-37-11-13-38(14-12-37)50-36-35-49-34-33-48-32-31-47-30-29-46-28-27-45-26-25-44-24-23-43-22-21-42-20-19-41-18-17-40-16-15-39(2)3/h11-14H,4-10,15-36H2,1-3H3. The molecule has 0 atom stereocenters. The lowest BCUT2D eigenvalue weighted by molar-refractivity contribution is -0.0268. The Kier molecular flexibility index (Phi) is 36.2. The van der Waals surface area contributed by atoms with Crippen molar-refractivity contribution in [3.8, 4) is 5.75 Å². The van der Waals surface area contributed by atoms with Crippen molar-refractivity contribution in [2.24, 2.45) is 0 Å². The van der Waals surface area contributed by atoms with Crippen LogP contribution in [0.2, 0.25) is 0 Å². The molecule has 294 valence electrons. The van der Waals surface area contributed by atoms with E-state index in [9.17, 15) is 0 Å². The molecule has 1 aromatic carbocycles. The number of benzene rings is 1. The van der Waals surface area contributed by atoms with Gasteiger partial charge in [0.25, 0.3) is 0 Å². The molecule has 12 nitrogen and oxygen atoms in total. The SMILES string of the molecule is CCCCCCCCc1ccc(OCCOCCOCCOCCOCCOCCOCCOCCOCCOCCOCCN(C)C)cc1. The Bertz CT molecular complexity index is 789. The van der Waals surface area contributed by atoms with Gasteiger partial charge in [-0.15, -0.1) is 0 Å². The Hall–Kier alpha value is -1.42. The highest BCUT2D eigenvalue weighted by molar-refractivity contribution is 5.27. The van der Waals surface area contributed by atoms with Gasteiger partial charge >= 0.3 is 0 Å². The van der Waals surface area contributed by atoms with Crippen molar-refractivity contribution in [1.82, 2.24) is 4.90 Å². The van der Waals surface area contributed by atoms with Crippen LogP contribution in [0.1, 0.15) is 51.0 Å². The van der Waals surface area contributed by atoms with Crippen LogP contribution < -0.4 is 4.74 Å². The van der Waals surface area contributed by atoms with Gasteiger partial charge in [-0.3, -0.25) is 0 Å². The van der Waals surface area contributed by atoms with Gasteiger partial charge in [0.15, 0.2) is 0 Å². The molecule has 0 unspecified atom stereocenters. The van der Waals surface area contributed by atoms with Gasteiger partial charge < -0.3 is 57.0 Å². The van der Waals surface area contributed by atoms with Crippen molar-refractivity contribution in [3.05, 3.63) is 29.8 Å². The van der Waals surface area contributed by atoms with Crippen LogP contribution in [-0.2, 0) is 53.8 Å². The molecule has 0 heterocycles. The minimum Gasteiger partial charge on any atom is -0.491 e. The Labute approximate surface area is 303 Å². The fourth-order valence-electron chi connectivity index (χ4n) is 4.41. The number of rotatable bonds is 41. The van der Waals surface area contributed by atoms with E-state index in [0.717, 1.165) is 25.3 Å². The highest BCUT2D eigenvalue weighted by Gasteiger charge is 1.99. The van der Waals surface area contributed by atoms with Gasteiger partial charge in [-0.1, -0.05) is 51.2 Å². The van der Waals surface area contributed by atoms with Gasteiger partial charge in [-0.25, -0.2) is 0 Å². The quantitative estimate of drug-likeness (QED) is 0.0878. The second-order valence-electron chi connectivity index (χ2n) is 11.9. The van der Waals surface area contributed by atoms with E-state index in [0.29, 0.717) is 132 Å². The van der Waals surface area contributed by atoms with Crippen LogP contribution in [0.5, 0.6) is 5.75 Å². The van der Waals surface area contributed by atoms with Crippen LogP contribution in [0.25, 0.3) is 0 Å². The number of nitrogens with zero attached hydrogens (tertiary/aromatic N) is 1. The lowest BCUT2D eigenvalue weighted by Gasteiger charge is -2.10. The molecule has 0 saturated carbocycles. The summed E-state index contributed by atoms with van der Waals surface area (Å²) >= 11 is 0. The predicted octanol–water partition coefficient (Wildman–Crippen LogP) is 4.70. The molecule has 0 aromatic heterocycles. The smallest absolute Gasteiger partial charge is 0.119 e. The molecule has 1 aromatic rings. The monoisotopic (exact) mass is 718 g/mol. The van der Waals surface area contributed by atoms with Crippen molar-refractivity contribution in [1.29, 1.82) is 0 Å². The van der Waals surface area contributed by atoms with Crippen molar-refractivity contribution in [2.75, 3.05) is 159 Å². The lowest BCUT2D eigenvalue weighted by atomic mass is 10.0. The molecule has 0 amide bonds. The second kappa shape index (κ2) is 38.8. The number of likely N-dealkylation sites (N-methyl/N-ethyl adjacent to an activating group) is 1. The van der Waals surface area contributed by atoms with Crippen LogP contribution in [-0.4, -0.2) is 164 Å². The molecule has 1 rings (SSSR count). The first kappa shape index (κ1) is 46.6. The molecule has 0 N–H and O–H groups in total. The van der Waals surface area contributed by atoms with Gasteiger partial charge in [-0.05, 0) is 44.6 Å². The molecule has 12 heteroatoms. The summed E-state index contributed by atoms with van der Waals surface area (Å²) < 4.78 is 60.8.